The fourth-order valence-corrected chi connectivity index (χ4v) is 2.85. The van der Waals surface area contributed by atoms with Gasteiger partial charge in [-0.05, 0) is 65.7 Å². The van der Waals surface area contributed by atoms with E-state index in [1.807, 2.05) is 13.0 Å². The molecule has 0 aliphatic rings. The third-order valence-corrected chi connectivity index (χ3v) is 4.44. The molecule has 6 nitrogen and oxygen atoms in total. The van der Waals surface area contributed by atoms with E-state index in [0.717, 1.165) is 16.6 Å². The number of anilines is 1. The standard InChI is InChI=1S/C17H15N3O3S/c1-11-8-14(18)4-7-17(11)20-19-15-5-2-13-10-16(24(21,22)23)6-3-12(13)9-15/h2-10H,18H2,1H3,(H,21,22,23). The summed E-state index contributed by atoms with van der Waals surface area (Å²) in [4.78, 5) is -0.137. The molecule has 0 unspecified atom stereocenters. The number of nitrogen functional groups attached to an aromatic ring is 1. The maximum atomic E-state index is 11.2. The number of aryl methyl sites for hydroxylation is 1. The van der Waals surface area contributed by atoms with Gasteiger partial charge in [0.15, 0.2) is 0 Å². The Morgan fingerprint density at radius 1 is 0.917 bits per heavy atom. The van der Waals surface area contributed by atoms with E-state index in [0.29, 0.717) is 16.8 Å². The maximum absolute atomic E-state index is 11.2. The van der Waals surface area contributed by atoms with Gasteiger partial charge in [-0.3, -0.25) is 4.55 Å². The van der Waals surface area contributed by atoms with Crippen LogP contribution in [-0.4, -0.2) is 13.0 Å². The van der Waals surface area contributed by atoms with Crippen molar-refractivity contribution in [3.63, 3.8) is 0 Å². The van der Waals surface area contributed by atoms with Crippen LogP contribution < -0.4 is 5.73 Å². The van der Waals surface area contributed by atoms with Gasteiger partial charge in [-0.25, -0.2) is 0 Å². The minimum Gasteiger partial charge on any atom is -0.399 e. The first-order valence-electron chi connectivity index (χ1n) is 7.12. The summed E-state index contributed by atoms with van der Waals surface area (Å²) in [6.07, 6.45) is 0. The zero-order valence-electron chi connectivity index (χ0n) is 12.8. The highest BCUT2D eigenvalue weighted by atomic mass is 32.2. The Balaban J connectivity index is 1.95. The van der Waals surface area contributed by atoms with Gasteiger partial charge in [-0.1, -0.05) is 12.1 Å². The van der Waals surface area contributed by atoms with Gasteiger partial charge in [-0.15, -0.1) is 0 Å². The summed E-state index contributed by atoms with van der Waals surface area (Å²) < 4.78 is 31.4. The third-order valence-electron chi connectivity index (χ3n) is 3.59. The molecule has 0 atom stereocenters. The molecular weight excluding hydrogens is 326 g/mol. The summed E-state index contributed by atoms with van der Waals surface area (Å²) in [5.74, 6) is 0. The molecule has 0 amide bonds. The molecular formula is C17H15N3O3S. The lowest BCUT2D eigenvalue weighted by atomic mass is 10.1. The van der Waals surface area contributed by atoms with Crippen LogP contribution in [0, 0.1) is 6.92 Å². The Morgan fingerprint density at radius 2 is 1.62 bits per heavy atom. The zero-order chi connectivity index (χ0) is 17.3. The molecule has 0 aliphatic heterocycles. The van der Waals surface area contributed by atoms with E-state index < -0.39 is 10.1 Å². The number of hydrogen-bond acceptors (Lipinski definition) is 5. The number of rotatable bonds is 3. The van der Waals surface area contributed by atoms with Crippen LogP contribution >= 0.6 is 0 Å². The minimum absolute atomic E-state index is 0.137. The maximum Gasteiger partial charge on any atom is 0.294 e. The van der Waals surface area contributed by atoms with E-state index >= 15 is 0 Å². The molecule has 0 fully saturated rings. The molecule has 7 heteroatoms. The van der Waals surface area contributed by atoms with E-state index in [2.05, 4.69) is 10.2 Å². The number of azo groups is 1. The Labute approximate surface area is 139 Å². The monoisotopic (exact) mass is 341 g/mol. The SMILES string of the molecule is Cc1cc(N)ccc1N=Nc1ccc2cc(S(=O)(=O)O)ccc2c1. The lowest BCUT2D eigenvalue weighted by Crippen LogP contribution is -1.97. The Bertz CT molecular complexity index is 1060. The Hall–Kier alpha value is -2.77. The summed E-state index contributed by atoms with van der Waals surface area (Å²) in [5, 5.41) is 9.91. The van der Waals surface area contributed by atoms with Crippen LogP contribution in [0.25, 0.3) is 10.8 Å². The second-order valence-corrected chi connectivity index (χ2v) is 6.84. The van der Waals surface area contributed by atoms with Crippen molar-refractivity contribution in [2.45, 2.75) is 11.8 Å². The highest BCUT2D eigenvalue weighted by Gasteiger charge is 2.09. The van der Waals surface area contributed by atoms with E-state index in [4.69, 9.17) is 10.3 Å². The Kier molecular flexibility index (Phi) is 4.04. The van der Waals surface area contributed by atoms with Crippen molar-refractivity contribution in [2.75, 3.05) is 5.73 Å². The predicted molar refractivity (Wildman–Crippen MR) is 93.5 cm³/mol. The molecule has 0 aromatic heterocycles. The molecule has 0 saturated heterocycles. The molecule has 3 N–H and O–H groups in total. The van der Waals surface area contributed by atoms with Gasteiger partial charge in [0.25, 0.3) is 10.1 Å². The second-order valence-electron chi connectivity index (χ2n) is 5.41. The van der Waals surface area contributed by atoms with E-state index in [-0.39, 0.29) is 4.90 Å². The second kappa shape index (κ2) is 6.03. The third kappa shape index (κ3) is 3.42. The highest BCUT2D eigenvalue weighted by molar-refractivity contribution is 7.85. The van der Waals surface area contributed by atoms with E-state index in [1.165, 1.54) is 12.1 Å². The lowest BCUT2D eigenvalue weighted by Gasteiger charge is -2.03. The zero-order valence-corrected chi connectivity index (χ0v) is 13.7. The molecule has 3 aromatic rings. The van der Waals surface area contributed by atoms with Crippen molar-refractivity contribution in [1.82, 2.24) is 0 Å². The minimum atomic E-state index is -4.21. The molecule has 3 aromatic carbocycles. The Morgan fingerprint density at radius 3 is 2.33 bits per heavy atom. The molecule has 0 aliphatic carbocycles. The van der Waals surface area contributed by atoms with Gasteiger partial charge < -0.3 is 5.73 Å². The number of fused-ring (bicyclic) bond motifs is 1. The number of hydrogen-bond donors (Lipinski definition) is 2. The summed E-state index contributed by atoms with van der Waals surface area (Å²) >= 11 is 0. The van der Waals surface area contributed by atoms with Crippen molar-refractivity contribution in [1.29, 1.82) is 0 Å². The smallest absolute Gasteiger partial charge is 0.294 e. The fourth-order valence-electron chi connectivity index (χ4n) is 2.34. The summed E-state index contributed by atoms with van der Waals surface area (Å²) in [7, 11) is -4.21. The van der Waals surface area contributed by atoms with Crippen LogP contribution in [0.15, 0.2) is 69.7 Å². The molecule has 0 spiro atoms. The molecule has 24 heavy (non-hydrogen) atoms. The van der Waals surface area contributed by atoms with Crippen molar-refractivity contribution in [3.05, 3.63) is 60.2 Å². The van der Waals surface area contributed by atoms with Crippen molar-refractivity contribution in [2.24, 2.45) is 10.2 Å². The van der Waals surface area contributed by atoms with Crippen LogP contribution in [0.2, 0.25) is 0 Å². The number of nitrogens with zero attached hydrogens (tertiary/aromatic N) is 2. The molecule has 0 radical (unpaired) electrons. The van der Waals surface area contributed by atoms with Crippen LogP contribution in [0.5, 0.6) is 0 Å². The average Bonchev–Trinajstić information content (AvgIpc) is 2.52. The fraction of sp³-hybridized carbons (Fsp3) is 0.0588. The van der Waals surface area contributed by atoms with Gasteiger partial charge in [0.1, 0.15) is 0 Å². The number of benzene rings is 3. The lowest BCUT2D eigenvalue weighted by molar-refractivity contribution is 0.483. The largest absolute Gasteiger partial charge is 0.399 e. The number of nitrogens with two attached hydrogens (primary N) is 1. The quantitative estimate of drug-likeness (QED) is 0.418. The average molecular weight is 341 g/mol. The molecule has 0 saturated carbocycles. The van der Waals surface area contributed by atoms with Crippen LogP contribution in [0.4, 0.5) is 17.1 Å². The van der Waals surface area contributed by atoms with Crippen LogP contribution in [0.3, 0.4) is 0 Å². The van der Waals surface area contributed by atoms with Gasteiger partial charge in [-0.2, -0.15) is 18.6 Å². The summed E-state index contributed by atoms with van der Waals surface area (Å²) in [6, 6.07) is 15.0. The van der Waals surface area contributed by atoms with Crippen LogP contribution in [-0.2, 0) is 10.1 Å². The van der Waals surface area contributed by atoms with Gasteiger partial charge >= 0.3 is 0 Å². The molecule has 0 heterocycles. The van der Waals surface area contributed by atoms with Crippen molar-refractivity contribution >= 4 is 38.0 Å². The van der Waals surface area contributed by atoms with Gasteiger partial charge in [0.2, 0.25) is 0 Å². The first-order valence-corrected chi connectivity index (χ1v) is 8.56. The van der Waals surface area contributed by atoms with Crippen molar-refractivity contribution < 1.29 is 13.0 Å². The van der Waals surface area contributed by atoms with Crippen LogP contribution in [0.1, 0.15) is 5.56 Å². The molecule has 0 bridgehead atoms. The predicted octanol–water partition coefficient (Wildman–Crippen LogP) is 4.39. The first kappa shape index (κ1) is 16.1. The first-order chi connectivity index (χ1) is 11.3. The summed E-state index contributed by atoms with van der Waals surface area (Å²) in [5.41, 5.74) is 8.67. The van der Waals surface area contributed by atoms with Gasteiger partial charge in [0, 0.05) is 5.69 Å². The van der Waals surface area contributed by atoms with Gasteiger partial charge in [0.05, 0.1) is 16.3 Å². The summed E-state index contributed by atoms with van der Waals surface area (Å²) in [6.45, 7) is 1.90. The molecule has 3 rings (SSSR count). The highest BCUT2D eigenvalue weighted by Crippen LogP contribution is 2.27. The topological polar surface area (TPSA) is 105 Å². The van der Waals surface area contributed by atoms with E-state index in [1.54, 1.807) is 36.4 Å². The normalized spacial score (nSPS) is 12.1. The van der Waals surface area contributed by atoms with E-state index in [9.17, 15) is 8.42 Å². The molecule has 122 valence electrons. The van der Waals surface area contributed by atoms with Crippen molar-refractivity contribution in [3.8, 4) is 0 Å².